The highest BCUT2D eigenvalue weighted by Gasteiger charge is 2.13. The second kappa shape index (κ2) is 9.50. The molecule has 152 valence electrons. The van der Waals surface area contributed by atoms with Gasteiger partial charge >= 0.3 is 0 Å². The van der Waals surface area contributed by atoms with E-state index in [1.807, 2.05) is 60.0 Å². The predicted octanol–water partition coefficient (Wildman–Crippen LogP) is 3.95. The van der Waals surface area contributed by atoms with Gasteiger partial charge in [0.05, 0.1) is 17.6 Å². The number of para-hydroxylation sites is 2. The molecule has 5 nitrogen and oxygen atoms in total. The fourth-order valence-corrected chi connectivity index (χ4v) is 4.08. The van der Waals surface area contributed by atoms with Gasteiger partial charge in [-0.2, -0.15) is 0 Å². The molecule has 0 aliphatic rings. The number of hydrogen-bond acceptors (Lipinski definition) is 4. The lowest BCUT2D eigenvalue weighted by Gasteiger charge is -2.12. The molecule has 2 aromatic heterocycles. The van der Waals surface area contributed by atoms with Gasteiger partial charge in [-0.25, -0.2) is 4.98 Å². The summed E-state index contributed by atoms with van der Waals surface area (Å²) in [5.74, 6) is -0.0754. The van der Waals surface area contributed by atoms with Crippen molar-refractivity contribution in [1.82, 2.24) is 14.9 Å². The molecule has 0 aliphatic heterocycles. The Morgan fingerprint density at radius 3 is 2.57 bits per heavy atom. The molecule has 6 heteroatoms. The molecule has 4 rings (SSSR count). The van der Waals surface area contributed by atoms with E-state index in [0.717, 1.165) is 22.3 Å². The van der Waals surface area contributed by atoms with Crippen LogP contribution in [0.25, 0.3) is 11.0 Å². The maximum absolute atomic E-state index is 13.1. The van der Waals surface area contributed by atoms with Crippen molar-refractivity contribution in [2.45, 2.75) is 32.4 Å². The molecule has 0 aliphatic carbocycles. The Hall–Kier alpha value is -3.25. The Balaban J connectivity index is 1.50. The van der Waals surface area contributed by atoms with Crippen molar-refractivity contribution in [3.8, 4) is 0 Å². The third-order valence-corrected chi connectivity index (χ3v) is 5.89. The third kappa shape index (κ3) is 4.83. The summed E-state index contributed by atoms with van der Waals surface area (Å²) in [6.07, 6.45) is 1.32. The van der Waals surface area contributed by atoms with Crippen LogP contribution in [0.1, 0.15) is 22.6 Å². The molecule has 0 bridgehead atoms. The Kier molecular flexibility index (Phi) is 6.35. The molecule has 1 N–H and O–H groups in total. The van der Waals surface area contributed by atoms with Crippen molar-refractivity contribution in [2.24, 2.45) is 0 Å². The minimum atomic E-state index is -0.115. The van der Waals surface area contributed by atoms with E-state index < -0.39 is 0 Å². The second-order valence-electron chi connectivity index (χ2n) is 7.10. The molecule has 0 fully saturated rings. The van der Waals surface area contributed by atoms with Crippen molar-refractivity contribution >= 4 is 28.3 Å². The van der Waals surface area contributed by atoms with Gasteiger partial charge in [0.2, 0.25) is 5.91 Å². The first-order chi connectivity index (χ1) is 14.7. The molecular weight excluding hydrogens is 394 g/mol. The van der Waals surface area contributed by atoms with E-state index in [9.17, 15) is 9.59 Å². The maximum atomic E-state index is 13.1. The molecule has 0 unspecified atom stereocenters. The standard InChI is InChI=1S/C24H23N3O2S/c28-23(25-17-19-9-6-16-30-19)13-12-21-24(29)27(15-14-18-7-2-1-3-8-18)22-11-5-4-10-20(22)26-21/h1-11,16H,12-15,17H2,(H,25,28). The number of aryl methyl sites for hydroxylation is 3. The van der Waals surface area contributed by atoms with Crippen molar-refractivity contribution in [1.29, 1.82) is 0 Å². The highest BCUT2D eigenvalue weighted by Crippen LogP contribution is 2.12. The van der Waals surface area contributed by atoms with Crippen LogP contribution in [0.3, 0.4) is 0 Å². The van der Waals surface area contributed by atoms with Crippen molar-refractivity contribution < 1.29 is 4.79 Å². The van der Waals surface area contributed by atoms with Gasteiger partial charge in [-0.3, -0.25) is 9.59 Å². The van der Waals surface area contributed by atoms with E-state index in [2.05, 4.69) is 22.4 Å². The SMILES string of the molecule is O=C(CCc1nc2ccccc2n(CCc2ccccc2)c1=O)NCc1cccs1. The van der Waals surface area contributed by atoms with Gasteiger partial charge in [-0.1, -0.05) is 48.5 Å². The lowest BCUT2D eigenvalue weighted by atomic mass is 10.1. The van der Waals surface area contributed by atoms with Crippen molar-refractivity contribution in [3.05, 3.63) is 98.6 Å². The van der Waals surface area contributed by atoms with Crippen molar-refractivity contribution in [3.63, 3.8) is 0 Å². The number of benzene rings is 2. The lowest BCUT2D eigenvalue weighted by Crippen LogP contribution is -2.28. The molecule has 2 heterocycles. The highest BCUT2D eigenvalue weighted by molar-refractivity contribution is 7.09. The summed E-state index contributed by atoms with van der Waals surface area (Å²) in [6, 6.07) is 21.7. The summed E-state index contributed by atoms with van der Waals surface area (Å²) in [6.45, 7) is 1.09. The molecule has 30 heavy (non-hydrogen) atoms. The van der Waals surface area contributed by atoms with Crippen LogP contribution >= 0.6 is 11.3 Å². The molecule has 0 spiro atoms. The van der Waals surface area contributed by atoms with Crippen LogP contribution < -0.4 is 10.9 Å². The average molecular weight is 418 g/mol. The molecule has 0 radical (unpaired) electrons. The van der Waals surface area contributed by atoms with Crippen LogP contribution in [0.4, 0.5) is 0 Å². The summed E-state index contributed by atoms with van der Waals surface area (Å²) < 4.78 is 1.79. The minimum absolute atomic E-state index is 0.0754. The van der Waals surface area contributed by atoms with Gasteiger partial charge in [-0.05, 0) is 35.6 Å². The number of carbonyl (C=O) groups is 1. The number of nitrogens with zero attached hydrogens (tertiary/aromatic N) is 2. The first-order valence-electron chi connectivity index (χ1n) is 10.0. The molecule has 2 aromatic carbocycles. The highest BCUT2D eigenvalue weighted by atomic mass is 32.1. The van der Waals surface area contributed by atoms with Crippen LogP contribution in [0.5, 0.6) is 0 Å². The fourth-order valence-electron chi connectivity index (χ4n) is 3.43. The lowest BCUT2D eigenvalue weighted by molar-refractivity contribution is -0.121. The minimum Gasteiger partial charge on any atom is -0.351 e. The first-order valence-corrected chi connectivity index (χ1v) is 10.9. The molecule has 0 atom stereocenters. The summed E-state index contributed by atoms with van der Waals surface area (Å²) in [5, 5.41) is 4.89. The Labute approximate surface area is 179 Å². The van der Waals surface area contributed by atoms with E-state index in [1.165, 1.54) is 5.56 Å². The van der Waals surface area contributed by atoms with Gasteiger partial charge in [-0.15, -0.1) is 11.3 Å². The molecule has 4 aromatic rings. The topological polar surface area (TPSA) is 64.0 Å². The molecule has 1 amide bonds. The third-order valence-electron chi connectivity index (χ3n) is 5.02. The quantitative estimate of drug-likeness (QED) is 0.472. The Morgan fingerprint density at radius 2 is 1.77 bits per heavy atom. The van der Waals surface area contributed by atoms with E-state index in [-0.39, 0.29) is 17.9 Å². The van der Waals surface area contributed by atoms with E-state index >= 15 is 0 Å². The normalized spacial score (nSPS) is 10.9. The monoisotopic (exact) mass is 417 g/mol. The van der Waals surface area contributed by atoms with Gasteiger partial charge in [0.1, 0.15) is 5.69 Å². The zero-order chi connectivity index (χ0) is 20.8. The van der Waals surface area contributed by atoms with Crippen LogP contribution in [0.15, 0.2) is 76.9 Å². The molecule has 0 saturated heterocycles. The van der Waals surface area contributed by atoms with E-state index in [4.69, 9.17) is 0 Å². The van der Waals surface area contributed by atoms with Crippen molar-refractivity contribution in [2.75, 3.05) is 0 Å². The van der Waals surface area contributed by atoms with E-state index in [0.29, 0.717) is 25.2 Å². The number of thiophene rings is 1. The molecule has 0 saturated carbocycles. The average Bonchev–Trinajstić information content (AvgIpc) is 3.30. The summed E-state index contributed by atoms with van der Waals surface area (Å²) in [4.78, 5) is 31.0. The van der Waals surface area contributed by atoms with Gasteiger partial charge in [0.25, 0.3) is 5.56 Å². The number of carbonyl (C=O) groups excluding carboxylic acids is 1. The number of fused-ring (bicyclic) bond motifs is 1. The van der Waals surface area contributed by atoms with Crippen LogP contribution in [0.2, 0.25) is 0 Å². The smallest absolute Gasteiger partial charge is 0.272 e. The summed E-state index contributed by atoms with van der Waals surface area (Å²) >= 11 is 1.61. The van der Waals surface area contributed by atoms with Crippen LogP contribution in [0, 0.1) is 0 Å². The first kappa shape index (κ1) is 20.0. The molecular formula is C24H23N3O2S. The number of rotatable bonds is 8. The Morgan fingerprint density at radius 1 is 0.967 bits per heavy atom. The predicted molar refractivity (Wildman–Crippen MR) is 121 cm³/mol. The number of nitrogens with one attached hydrogen (secondary N) is 1. The number of aromatic nitrogens is 2. The Bertz CT molecular complexity index is 1180. The zero-order valence-electron chi connectivity index (χ0n) is 16.6. The second-order valence-corrected chi connectivity index (χ2v) is 8.13. The number of hydrogen-bond donors (Lipinski definition) is 1. The summed E-state index contributed by atoms with van der Waals surface area (Å²) in [5.41, 5.74) is 3.10. The van der Waals surface area contributed by atoms with Gasteiger partial charge in [0.15, 0.2) is 0 Å². The summed E-state index contributed by atoms with van der Waals surface area (Å²) in [7, 11) is 0. The van der Waals surface area contributed by atoms with E-state index in [1.54, 1.807) is 15.9 Å². The van der Waals surface area contributed by atoms with Gasteiger partial charge < -0.3 is 9.88 Å². The maximum Gasteiger partial charge on any atom is 0.272 e. The van der Waals surface area contributed by atoms with Gasteiger partial charge in [0, 0.05) is 24.3 Å². The largest absolute Gasteiger partial charge is 0.351 e. The fraction of sp³-hybridized carbons (Fsp3) is 0.208. The zero-order valence-corrected chi connectivity index (χ0v) is 17.4. The van der Waals surface area contributed by atoms with Crippen LogP contribution in [-0.4, -0.2) is 15.5 Å². The number of amides is 1. The van der Waals surface area contributed by atoms with Crippen LogP contribution in [-0.2, 0) is 30.7 Å².